The van der Waals surface area contributed by atoms with Gasteiger partial charge in [-0.1, -0.05) is 6.92 Å². The van der Waals surface area contributed by atoms with E-state index in [1.807, 2.05) is 19.9 Å². The van der Waals surface area contributed by atoms with E-state index in [9.17, 15) is 9.90 Å². The fourth-order valence-corrected chi connectivity index (χ4v) is 2.14. The van der Waals surface area contributed by atoms with Crippen molar-refractivity contribution in [3.8, 4) is 0 Å². The quantitative estimate of drug-likeness (QED) is 0.840. The Balaban J connectivity index is 2.20. The molecule has 1 aromatic rings. The maximum atomic E-state index is 12.3. The van der Waals surface area contributed by atoms with Gasteiger partial charge in [0.1, 0.15) is 5.69 Å². The molecule has 0 spiro atoms. The topological polar surface area (TPSA) is 58.4 Å². The third-order valence-electron chi connectivity index (χ3n) is 3.16. The molecule has 0 saturated carbocycles. The summed E-state index contributed by atoms with van der Waals surface area (Å²) in [4.78, 5) is 14.0. The second-order valence-electron chi connectivity index (χ2n) is 4.38. The molecule has 5 heteroatoms. The number of hydrogen-bond acceptors (Lipinski definition) is 3. The molecular weight excluding hydrogens is 218 g/mol. The van der Waals surface area contributed by atoms with Crippen LogP contribution in [-0.4, -0.2) is 44.9 Å². The normalized spacial score (nSPS) is 19.9. The van der Waals surface area contributed by atoms with Gasteiger partial charge in [-0.2, -0.15) is 5.10 Å². The molecule has 0 radical (unpaired) electrons. The van der Waals surface area contributed by atoms with E-state index in [1.165, 1.54) is 0 Å². The number of aromatic nitrogens is 2. The summed E-state index contributed by atoms with van der Waals surface area (Å²) < 4.78 is 1.74. The van der Waals surface area contributed by atoms with E-state index in [1.54, 1.807) is 9.58 Å². The predicted molar refractivity (Wildman–Crippen MR) is 63.8 cm³/mol. The van der Waals surface area contributed by atoms with Gasteiger partial charge in [0, 0.05) is 19.6 Å². The summed E-state index contributed by atoms with van der Waals surface area (Å²) in [6.45, 7) is 5.77. The molecule has 5 nitrogen and oxygen atoms in total. The molecule has 0 bridgehead atoms. The Morgan fingerprint density at radius 1 is 1.59 bits per heavy atom. The Kier molecular flexibility index (Phi) is 3.47. The average molecular weight is 237 g/mol. The largest absolute Gasteiger partial charge is 0.391 e. The Labute approximate surface area is 101 Å². The first kappa shape index (κ1) is 12.1. The van der Waals surface area contributed by atoms with E-state index in [0.29, 0.717) is 31.7 Å². The highest BCUT2D eigenvalue weighted by molar-refractivity contribution is 5.93. The van der Waals surface area contributed by atoms with Crippen LogP contribution in [0.1, 0.15) is 36.5 Å². The van der Waals surface area contributed by atoms with Crippen LogP contribution >= 0.6 is 0 Å². The smallest absolute Gasteiger partial charge is 0.272 e. The predicted octanol–water partition coefficient (Wildman–Crippen LogP) is 0.672. The van der Waals surface area contributed by atoms with Gasteiger partial charge in [-0.05, 0) is 25.8 Å². The van der Waals surface area contributed by atoms with Gasteiger partial charge in [0.25, 0.3) is 5.91 Å². The number of aliphatic hydroxyl groups is 1. The monoisotopic (exact) mass is 237 g/mol. The lowest BCUT2D eigenvalue weighted by Crippen LogP contribution is -2.31. The molecule has 0 aromatic carbocycles. The van der Waals surface area contributed by atoms with Gasteiger partial charge in [-0.15, -0.1) is 0 Å². The molecule has 1 fully saturated rings. The average Bonchev–Trinajstić information content (AvgIpc) is 2.93. The number of rotatable bonds is 3. The first-order valence-corrected chi connectivity index (χ1v) is 6.19. The first-order chi connectivity index (χ1) is 8.15. The number of aryl methyl sites for hydroxylation is 2. The van der Waals surface area contributed by atoms with Crippen LogP contribution in [-0.2, 0) is 13.0 Å². The van der Waals surface area contributed by atoms with Gasteiger partial charge in [-0.3, -0.25) is 9.48 Å². The molecule has 17 heavy (non-hydrogen) atoms. The summed E-state index contributed by atoms with van der Waals surface area (Å²) in [6, 6.07) is 1.86. The molecule has 1 amide bonds. The zero-order chi connectivity index (χ0) is 12.4. The van der Waals surface area contributed by atoms with E-state index in [2.05, 4.69) is 5.10 Å². The number of likely N-dealkylation sites (tertiary alicyclic amines) is 1. The number of amides is 1. The molecule has 0 aliphatic carbocycles. The molecule has 1 aromatic heterocycles. The van der Waals surface area contributed by atoms with Crippen LogP contribution in [0.25, 0.3) is 0 Å². The van der Waals surface area contributed by atoms with Crippen LogP contribution in [0, 0.1) is 0 Å². The van der Waals surface area contributed by atoms with E-state index < -0.39 is 0 Å². The Morgan fingerprint density at radius 2 is 2.35 bits per heavy atom. The first-order valence-electron chi connectivity index (χ1n) is 6.19. The minimum Gasteiger partial charge on any atom is -0.391 e. The molecular formula is C12H19N3O2. The van der Waals surface area contributed by atoms with Crippen LogP contribution in [0.3, 0.4) is 0 Å². The van der Waals surface area contributed by atoms with E-state index in [0.717, 1.165) is 12.1 Å². The summed E-state index contributed by atoms with van der Waals surface area (Å²) in [5, 5.41) is 13.8. The molecule has 1 aliphatic rings. The van der Waals surface area contributed by atoms with Crippen LogP contribution in [0.4, 0.5) is 0 Å². The zero-order valence-electron chi connectivity index (χ0n) is 10.4. The van der Waals surface area contributed by atoms with Gasteiger partial charge >= 0.3 is 0 Å². The lowest BCUT2D eigenvalue weighted by atomic mass is 10.3. The van der Waals surface area contributed by atoms with Gasteiger partial charge in [0.15, 0.2) is 0 Å². The number of aliphatic hydroxyl groups excluding tert-OH is 1. The fourth-order valence-electron chi connectivity index (χ4n) is 2.14. The molecule has 1 aliphatic heterocycles. The SMILES string of the molecule is CCc1cc(C(=O)N2CCC(O)C2)n(CC)n1. The van der Waals surface area contributed by atoms with Crippen molar-refractivity contribution in [3.05, 3.63) is 17.5 Å². The summed E-state index contributed by atoms with van der Waals surface area (Å²) in [5.74, 6) is -0.0180. The number of β-amino-alcohol motifs (C(OH)–C–C–N with tert-alkyl or cyclic N) is 1. The van der Waals surface area contributed by atoms with Crippen molar-refractivity contribution in [1.82, 2.24) is 14.7 Å². The molecule has 94 valence electrons. The number of nitrogens with zero attached hydrogens (tertiary/aromatic N) is 3. The van der Waals surface area contributed by atoms with Crippen LogP contribution in [0.2, 0.25) is 0 Å². The highest BCUT2D eigenvalue weighted by Crippen LogP contribution is 2.15. The fraction of sp³-hybridized carbons (Fsp3) is 0.667. The minimum absolute atomic E-state index is 0.0180. The van der Waals surface area contributed by atoms with Crippen LogP contribution < -0.4 is 0 Å². The Hall–Kier alpha value is -1.36. The highest BCUT2D eigenvalue weighted by Gasteiger charge is 2.27. The highest BCUT2D eigenvalue weighted by atomic mass is 16.3. The molecule has 1 atom stereocenters. The van der Waals surface area contributed by atoms with Gasteiger partial charge in [-0.25, -0.2) is 0 Å². The minimum atomic E-state index is -0.373. The maximum absolute atomic E-state index is 12.3. The van der Waals surface area contributed by atoms with E-state index >= 15 is 0 Å². The van der Waals surface area contributed by atoms with Crippen molar-refractivity contribution in [2.45, 2.75) is 39.3 Å². The summed E-state index contributed by atoms with van der Waals surface area (Å²) in [7, 11) is 0. The number of carbonyl (C=O) groups excluding carboxylic acids is 1. The van der Waals surface area contributed by atoms with Gasteiger partial charge in [0.2, 0.25) is 0 Å². The van der Waals surface area contributed by atoms with Gasteiger partial charge < -0.3 is 10.0 Å². The standard InChI is InChI=1S/C12H19N3O2/c1-3-9-7-11(15(4-2)13-9)12(17)14-6-5-10(16)8-14/h7,10,16H,3-6,8H2,1-2H3. The van der Waals surface area contributed by atoms with Crippen molar-refractivity contribution < 1.29 is 9.90 Å². The lowest BCUT2D eigenvalue weighted by molar-refractivity contribution is 0.0753. The maximum Gasteiger partial charge on any atom is 0.272 e. The van der Waals surface area contributed by atoms with Gasteiger partial charge in [0.05, 0.1) is 11.8 Å². The Morgan fingerprint density at radius 3 is 2.88 bits per heavy atom. The summed E-state index contributed by atoms with van der Waals surface area (Å²) >= 11 is 0. The summed E-state index contributed by atoms with van der Waals surface area (Å²) in [5.41, 5.74) is 1.58. The third-order valence-corrected chi connectivity index (χ3v) is 3.16. The zero-order valence-corrected chi connectivity index (χ0v) is 10.4. The second-order valence-corrected chi connectivity index (χ2v) is 4.38. The lowest BCUT2D eigenvalue weighted by Gasteiger charge is -2.15. The number of hydrogen-bond donors (Lipinski definition) is 1. The van der Waals surface area contributed by atoms with Crippen LogP contribution in [0.15, 0.2) is 6.07 Å². The van der Waals surface area contributed by atoms with Crippen molar-refractivity contribution in [3.63, 3.8) is 0 Å². The van der Waals surface area contributed by atoms with Crippen molar-refractivity contribution in [2.75, 3.05) is 13.1 Å². The van der Waals surface area contributed by atoms with E-state index in [4.69, 9.17) is 0 Å². The molecule has 1 saturated heterocycles. The van der Waals surface area contributed by atoms with E-state index in [-0.39, 0.29) is 12.0 Å². The Bertz CT molecular complexity index is 414. The second kappa shape index (κ2) is 4.87. The summed E-state index contributed by atoms with van der Waals surface area (Å²) in [6.07, 6.45) is 1.13. The van der Waals surface area contributed by atoms with Crippen molar-refractivity contribution >= 4 is 5.91 Å². The third kappa shape index (κ3) is 2.34. The van der Waals surface area contributed by atoms with Crippen molar-refractivity contribution in [1.29, 1.82) is 0 Å². The molecule has 1 unspecified atom stereocenters. The number of carbonyl (C=O) groups is 1. The van der Waals surface area contributed by atoms with Crippen molar-refractivity contribution in [2.24, 2.45) is 0 Å². The molecule has 2 rings (SSSR count). The molecule has 1 N–H and O–H groups in total. The van der Waals surface area contributed by atoms with Crippen LogP contribution in [0.5, 0.6) is 0 Å². The molecule has 2 heterocycles.